The van der Waals surface area contributed by atoms with Crippen molar-refractivity contribution in [2.45, 2.75) is 13.5 Å². The van der Waals surface area contributed by atoms with Crippen LogP contribution in [0.1, 0.15) is 5.69 Å². The van der Waals surface area contributed by atoms with Crippen LogP contribution >= 0.6 is 0 Å². The van der Waals surface area contributed by atoms with Crippen molar-refractivity contribution in [3.63, 3.8) is 0 Å². The van der Waals surface area contributed by atoms with Crippen molar-refractivity contribution >= 4 is 10.9 Å². The lowest BCUT2D eigenvalue weighted by molar-refractivity contribution is 0.597. The summed E-state index contributed by atoms with van der Waals surface area (Å²) >= 11 is 0. The third kappa shape index (κ3) is 1.51. The largest absolute Gasteiger partial charge is 0.318 e. The van der Waals surface area contributed by atoms with Crippen molar-refractivity contribution in [2.75, 3.05) is 13.6 Å². The van der Waals surface area contributed by atoms with E-state index >= 15 is 0 Å². The van der Waals surface area contributed by atoms with Gasteiger partial charge in [0.1, 0.15) is 0 Å². The van der Waals surface area contributed by atoms with Gasteiger partial charge in [-0.1, -0.05) is 18.2 Å². The predicted molar refractivity (Wildman–Crippen MR) is 58.4 cm³/mol. The number of para-hydroxylation sites is 1. The number of hydrogen-bond acceptors (Lipinski definition) is 2. The molecule has 74 valence electrons. The fourth-order valence-electron chi connectivity index (χ4n) is 1.68. The molecule has 2 rings (SSSR count). The molecule has 3 nitrogen and oxygen atoms in total. The van der Waals surface area contributed by atoms with Crippen molar-refractivity contribution in [1.82, 2.24) is 15.1 Å². The monoisotopic (exact) mass is 189 g/mol. The van der Waals surface area contributed by atoms with E-state index in [0.717, 1.165) is 18.8 Å². The van der Waals surface area contributed by atoms with Gasteiger partial charge in [-0.05, 0) is 20.0 Å². The Morgan fingerprint density at radius 1 is 1.36 bits per heavy atom. The van der Waals surface area contributed by atoms with E-state index in [1.807, 2.05) is 7.05 Å². The molecule has 0 bridgehead atoms. The van der Waals surface area contributed by atoms with Gasteiger partial charge in [0.15, 0.2) is 0 Å². The molecule has 0 spiro atoms. The van der Waals surface area contributed by atoms with Crippen molar-refractivity contribution in [1.29, 1.82) is 0 Å². The average Bonchev–Trinajstić information content (AvgIpc) is 2.54. The molecule has 3 heteroatoms. The lowest BCUT2D eigenvalue weighted by Gasteiger charge is -2.01. The van der Waals surface area contributed by atoms with Gasteiger partial charge in [0, 0.05) is 11.9 Å². The Balaban J connectivity index is 2.44. The molecule has 0 aliphatic heterocycles. The third-order valence-electron chi connectivity index (χ3n) is 2.42. The molecule has 0 saturated carbocycles. The SMILES string of the molecule is CNCCn1nc(C)c2ccccc21. The number of rotatable bonds is 3. The molecular weight excluding hydrogens is 174 g/mol. The smallest absolute Gasteiger partial charge is 0.0685 e. The van der Waals surface area contributed by atoms with Crippen LogP contribution in [0.25, 0.3) is 10.9 Å². The van der Waals surface area contributed by atoms with Gasteiger partial charge in [-0.15, -0.1) is 0 Å². The van der Waals surface area contributed by atoms with Crippen molar-refractivity contribution in [3.8, 4) is 0 Å². The van der Waals surface area contributed by atoms with E-state index < -0.39 is 0 Å². The van der Waals surface area contributed by atoms with Crippen molar-refractivity contribution in [3.05, 3.63) is 30.0 Å². The molecule has 0 unspecified atom stereocenters. The minimum absolute atomic E-state index is 0.921. The van der Waals surface area contributed by atoms with E-state index in [4.69, 9.17) is 0 Å². The number of aromatic nitrogens is 2. The zero-order valence-corrected chi connectivity index (χ0v) is 8.62. The Hall–Kier alpha value is -1.35. The minimum atomic E-state index is 0.921. The number of nitrogens with zero attached hydrogens (tertiary/aromatic N) is 2. The van der Waals surface area contributed by atoms with Crippen molar-refractivity contribution < 1.29 is 0 Å². The Bertz CT molecular complexity index is 431. The summed E-state index contributed by atoms with van der Waals surface area (Å²) in [7, 11) is 1.96. The molecule has 1 aromatic heterocycles. The van der Waals surface area contributed by atoms with Gasteiger partial charge in [-0.2, -0.15) is 5.10 Å². The number of aryl methyl sites for hydroxylation is 1. The van der Waals surface area contributed by atoms with E-state index in [2.05, 4.69) is 46.3 Å². The summed E-state index contributed by atoms with van der Waals surface area (Å²) in [6.45, 7) is 3.92. The van der Waals surface area contributed by atoms with Crippen LogP contribution < -0.4 is 5.32 Å². The van der Waals surface area contributed by atoms with Crippen LogP contribution in [0, 0.1) is 6.92 Å². The molecule has 0 aliphatic carbocycles. The second-order valence-corrected chi connectivity index (χ2v) is 3.43. The molecule has 0 radical (unpaired) electrons. The third-order valence-corrected chi connectivity index (χ3v) is 2.42. The van der Waals surface area contributed by atoms with Gasteiger partial charge < -0.3 is 5.32 Å². The first-order valence-electron chi connectivity index (χ1n) is 4.89. The Morgan fingerprint density at radius 3 is 2.93 bits per heavy atom. The number of benzene rings is 1. The summed E-state index contributed by atoms with van der Waals surface area (Å²) in [5.41, 5.74) is 2.33. The lowest BCUT2D eigenvalue weighted by Crippen LogP contribution is -2.15. The zero-order chi connectivity index (χ0) is 9.97. The molecule has 1 aromatic carbocycles. The van der Waals surface area contributed by atoms with Crippen molar-refractivity contribution in [2.24, 2.45) is 0 Å². The maximum Gasteiger partial charge on any atom is 0.0685 e. The van der Waals surface area contributed by atoms with E-state index in [-0.39, 0.29) is 0 Å². The zero-order valence-electron chi connectivity index (χ0n) is 8.62. The van der Waals surface area contributed by atoms with E-state index in [0.29, 0.717) is 0 Å². The molecule has 0 atom stereocenters. The summed E-state index contributed by atoms with van der Waals surface area (Å²) in [5.74, 6) is 0. The second kappa shape index (κ2) is 3.80. The van der Waals surface area contributed by atoms with E-state index in [1.54, 1.807) is 0 Å². The summed E-state index contributed by atoms with van der Waals surface area (Å²) in [6, 6.07) is 8.34. The van der Waals surface area contributed by atoms with Crippen LogP contribution in [0.15, 0.2) is 24.3 Å². The molecule has 2 aromatic rings. The summed E-state index contributed by atoms with van der Waals surface area (Å²) in [6.07, 6.45) is 0. The Labute approximate surface area is 83.7 Å². The predicted octanol–water partition coefficient (Wildman–Crippen LogP) is 1.56. The molecule has 0 saturated heterocycles. The van der Waals surface area contributed by atoms with Crippen LogP contribution in [0.4, 0.5) is 0 Å². The average molecular weight is 189 g/mol. The summed E-state index contributed by atoms with van der Waals surface area (Å²) in [4.78, 5) is 0. The molecule has 0 amide bonds. The van der Waals surface area contributed by atoms with Gasteiger partial charge >= 0.3 is 0 Å². The van der Waals surface area contributed by atoms with Crippen LogP contribution in [0.5, 0.6) is 0 Å². The fourth-order valence-corrected chi connectivity index (χ4v) is 1.68. The van der Waals surface area contributed by atoms with Gasteiger partial charge in [0.25, 0.3) is 0 Å². The molecule has 0 fully saturated rings. The highest BCUT2D eigenvalue weighted by Crippen LogP contribution is 2.16. The normalized spacial score (nSPS) is 11.0. The number of fused-ring (bicyclic) bond motifs is 1. The van der Waals surface area contributed by atoms with Gasteiger partial charge in [0.2, 0.25) is 0 Å². The molecule has 0 aliphatic rings. The van der Waals surface area contributed by atoms with Crippen LogP contribution in [0.2, 0.25) is 0 Å². The fraction of sp³-hybridized carbons (Fsp3) is 0.364. The second-order valence-electron chi connectivity index (χ2n) is 3.43. The highest BCUT2D eigenvalue weighted by Gasteiger charge is 2.04. The number of nitrogens with one attached hydrogen (secondary N) is 1. The quantitative estimate of drug-likeness (QED) is 0.794. The minimum Gasteiger partial charge on any atom is -0.318 e. The highest BCUT2D eigenvalue weighted by atomic mass is 15.3. The highest BCUT2D eigenvalue weighted by molar-refractivity contribution is 5.81. The standard InChI is InChI=1S/C11H15N3/c1-9-10-5-3-4-6-11(10)14(13-9)8-7-12-2/h3-6,12H,7-8H2,1-2H3. The summed E-state index contributed by atoms with van der Waals surface area (Å²) in [5, 5.41) is 8.89. The van der Waals surface area contributed by atoms with Crippen LogP contribution in [-0.2, 0) is 6.54 Å². The first kappa shape index (κ1) is 9.21. The van der Waals surface area contributed by atoms with Gasteiger partial charge in [-0.25, -0.2) is 0 Å². The van der Waals surface area contributed by atoms with E-state index in [9.17, 15) is 0 Å². The van der Waals surface area contributed by atoms with E-state index in [1.165, 1.54) is 10.9 Å². The Morgan fingerprint density at radius 2 is 2.14 bits per heavy atom. The number of hydrogen-bond donors (Lipinski definition) is 1. The molecule has 1 heterocycles. The molecule has 14 heavy (non-hydrogen) atoms. The maximum absolute atomic E-state index is 4.50. The number of likely N-dealkylation sites (N-methyl/N-ethyl adjacent to an activating group) is 1. The lowest BCUT2D eigenvalue weighted by atomic mass is 10.2. The topological polar surface area (TPSA) is 29.9 Å². The molecule has 1 N–H and O–H groups in total. The van der Waals surface area contributed by atoms with Crippen LogP contribution in [-0.4, -0.2) is 23.4 Å². The van der Waals surface area contributed by atoms with Gasteiger partial charge in [-0.3, -0.25) is 4.68 Å². The summed E-state index contributed by atoms with van der Waals surface area (Å²) < 4.78 is 2.06. The van der Waals surface area contributed by atoms with Crippen LogP contribution in [0.3, 0.4) is 0 Å². The Kier molecular flexibility index (Phi) is 2.50. The molecular formula is C11H15N3. The first-order valence-corrected chi connectivity index (χ1v) is 4.89. The first-order chi connectivity index (χ1) is 6.83. The van der Waals surface area contributed by atoms with Gasteiger partial charge in [0.05, 0.1) is 17.8 Å². The maximum atomic E-state index is 4.50.